The zero-order valence-electron chi connectivity index (χ0n) is 17.6. The van der Waals surface area contributed by atoms with Gasteiger partial charge in [0.1, 0.15) is 22.5 Å². The van der Waals surface area contributed by atoms with E-state index in [-0.39, 0.29) is 36.7 Å². The predicted octanol–water partition coefficient (Wildman–Crippen LogP) is 4.95. The van der Waals surface area contributed by atoms with Gasteiger partial charge in [-0.1, -0.05) is 18.7 Å². The van der Waals surface area contributed by atoms with Gasteiger partial charge >= 0.3 is 6.18 Å². The van der Waals surface area contributed by atoms with Crippen molar-refractivity contribution in [2.75, 3.05) is 13.1 Å². The second kappa shape index (κ2) is 9.58. The Morgan fingerprint density at radius 2 is 2.15 bits per heavy atom. The summed E-state index contributed by atoms with van der Waals surface area (Å²) in [5.74, 6) is -2.01. The lowest BCUT2D eigenvalue weighted by atomic mass is 9.82. The number of allylic oxidation sites excluding steroid dienone is 1. The Kier molecular flexibility index (Phi) is 7.03. The molecule has 10 heteroatoms. The first kappa shape index (κ1) is 24.2. The van der Waals surface area contributed by atoms with Crippen LogP contribution in [0.15, 0.2) is 43.1 Å². The number of amides is 1. The van der Waals surface area contributed by atoms with E-state index in [0.717, 1.165) is 18.3 Å². The van der Waals surface area contributed by atoms with E-state index in [4.69, 9.17) is 5.41 Å². The largest absolute Gasteiger partial charge is 0.433 e. The van der Waals surface area contributed by atoms with Crippen molar-refractivity contribution < 1.29 is 22.4 Å². The summed E-state index contributed by atoms with van der Waals surface area (Å²) in [6, 6.07) is 7.57. The lowest BCUT2D eigenvalue weighted by Gasteiger charge is -2.34. The van der Waals surface area contributed by atoms with Gasteiger partial charge in [0, 0.05) is 41.2 Å². The van der Waals surface area contributed by atoms with Crippen molar-refractivity contribution in [1.29, 1.82) is 10.7 Å². The number of carbonyl (C=O) groups excluding carboxylic acids is 1. The summed E-state index contributed by atoms with van der Waals surface area (Å²) in [4.78, 5) is 14.9. The molecule has 0 aliphatic carbocycles. The van der Waals surface area contributed by atoms with E-state index in [9.17, 15) is 23.2 Å². The Morgan fingerprint density at radius 3 is 2.76 bits per heavy atom. The van der Waals surface area contributed by atoms with Gasteiger partial charge in [-0.25, -0.2) is 4.39 Å². The van der Waals surface area contributed by atoms with Crippen molar-refractivity contribution in [1.82, 2.24) is 10.2 Å². The molecule has 2 heterocycles. The predicted molar refractivity (Wildman–Crippen MR) is 118 cm³/mol. The number of alkyl halides is 3. The van der Waals surface area contributed by atoms with E-state index in [1.165, 1.54) is 28.4 Å². The monoisotopic (exact) mass is 476 g/mol. The number of nitriles is 1. The molecule has 1 aliphatic heterocycles. The third-order valence-corrected chi connectivity index (χ3v) is 6.29. The summed E-state index contributed by atoms with van der Waals surface area (Å²) < 4.78 is 55.6. The van der Waals surface area contributed by atoms with Gasteiger partial charge in [0.25, 0.3) is 0 Å². The molecular weight excluding hydrogens is 456 g/mol. The molecule has 0 unspecified atom stereocenters. The van der Waals surface area contributed by atoms with Crippen molar-refractivity contribution >= 4 is 28.5 Å². The van der Waals surface area contributed by atoms with Gasteiger partial charge in [0.05, 0.1) is 6.54 Å². The van der Waals surface area contributed by atoms with Crippen molar-refractivity contribution in [3.63, 3.8) is 0 Å². The van der Waals surface area contributed by atoms with E-state index in [1.807, 2.05) is 6.07 Å². The topological polar surface area (TPSA) is 80.0 Å². The highest BCUT2D eigenvalue weighted by Crippen LogP contribution is 2.42. The first-order valence-corrected chi connectivity index (χ1v) is 10.8. The molecule has 0 bridgehead atoms. The van der Waals surface area contributed by atoms with Crippen LogP contribution in [0.5, 0.6) is 0 Å². The third-order valence-electron chi connectivity index (χ3n) is 5.24. The Hall–Kier alpha value is -3.45. The molecule has 5 nitrogen and oxygen atoms in total. The second-order valence-corrected chi connectivity index (χ2v) is 8.41. The lowest BCUT2D eigenvalue weighted by molar-refractivity contribution is -0.127. The highest BCUT2D eigenvalue weighted by atomic mass is 32.1. The number of hydrogen-bond donors (Lipinski definition) is 2. The average molecular weight is 476 g/mol. The van der Waals surface area contributed by atoms with E-state index < -0.39 is 29.2 Å². The number of carbonyl (C=O) groups is 1. The molecule has 2 aromatic rings. The van der Waals surface area contributed by atoms with E-state index in [0.29, 0.717) is 15.3 Å². The van der Waals surface area contributed by atoms with Crippen LogP contribution >= 0.6 is 11.3 Å². The van der Waals surface area contributed by atoms with E-state index in [1.54, 1.807) is 13.0 Å². The van der Waals surface area contributed by atoms with Crippen molar-refractivity contribution in [3.8, 4) is 6.07 Å². The highest BCUT2D eigenvalue weighted by molar-refractivity contribution is 7.12. The second-order valence-electron chi connectivity index (χ2n) is 7.27. The molecule has 1 amide bonds. The lowest BCUT2D eigenvalue weighted by Crippen LogP contribution is -2.37. The number of hydrogen-bond acceptors (Lipinski definition) is 5. The third kappa shape index (κ3) is 4.83. The Morgan fingerprint density at radius 1 is 1.42 bits per heavy atom. The molecule has 0 radical (unpaired) electrons. The summed E-state index contributed by atoms with van der Waals surface area (Å²) in [7, 11) is 0. The number of nitrogens with one attached hydrogen (secondary N) is 2. The van der Waals surface area contributed by atoms with E-state index >= 15 is 4.39 Å². The molecule has 0 spiro atoms. The van der Waals surface area contributed by atoms with Crippen LogP contribution in [0.1, 0.15) is 39.3 Å². The maximum Gasteiger partial charge on any atom is 0.433 e. The molecule has 0 fully saturated rings. The van der Waals surface area contributed by atoms with Gasteiger partial charge in [-0.2, -0.15) is 18.4 Å². The maximum atomic E-state index is 15.1. The van der Waals surface area contributed by atoms with Crippen LogP contribution < -0.4 is 5.32 Å². The van der Waals surface area contributed by atoms with Gasteiger partial charge < -0.3 is 10.2 Å². The number of halogens is 4. The number of benzene rings is 1. The molecule has 1 aromatic heterocycles. The minimum Gasteiger partial charge on any atom is -0.391 e. The normalized spacial score (nSPS) is 16.1. The SMILES string of the molecule is C=CC(=O)N1Cc2sc(C#N)cc2[C@H](c2cccc(F)c2/C(=C/NCC)C(=N)C(F)(F)F)C1. The summed E-state index contributed by atoms with van der Waals surface area (Å²) in [5.41, 5.74) is -1.85. The first-order valence-electron chi connectivity index (χ1n) is 9.94. The molecule has 33 heavy (non-hydrogen) atoms. The minimum absolute atomic E-state index is 0.0593. The fourth-order valence-corrected chi connectivity index (χ4v) is 4.81. The van der Waals surface area contributed by atoms with Crippen LogP contribution in [-0.2, 0) is 11.3 Å². The van der Waals surface area contributed by atoms with Crippen molar-refractivity contribution in [2.24, 2.45) is 0 Å². The van der Waals surface area contributed by atoms with Crippen LogP contribution in [-0.4, -0.2) is 35.8 Å². The summed E-state index contributed by atoms with van der Waals surface area (Å²) in [6.45, 7) is 5.69. The number of rotatable bonds is 6. The molecule has 1 aromatic carbocycles. The zero-order chi connectivity index (χ0) is 24.3. The van der Waals surface area contributed by atoms with Gasteiger partial charge in [-0.05, 0) is 36.3 Å². The fourth-order valence-electron chi connectivity index (χ4n) is 3.78. The van der Waals surface area contributed by atoms with Gasteiger partial charge in [-0.3, -0.25) is 10.2 Å². The van der Waals surface area contributed by atoms with Gasteiger partial charge in [0.2, 0.25) is 5.91 Å². The van der Waals surface area contributed by atoms with Crippen LogP contribution in [0.25, 0.3) is 5.57 Å². The Labute approximate surface area is 192 Å². The number of nitrogens with zero attached hydrogens (tertiary/aromatic N) is 2. The molecule has 1 atom stereocenters. The quantitative estimate of drug-likeness (QED) is 0.352. The molecule has 0 saturated carbocycles. The van der Waals surface area contributed by atoms with Crippen molar-refractivity contribution in [3.05, 3.63) is 75.4 Å². The van der Waals surface area contributed by atoms with Crippen LogP contribution in [0.2, 0.25) is 0 Å². The summed E-state index contributed by atoms with van der Waals surface area (Å²) >= 11 is 1.18. The molecule has 1 aliphatic rings. The number of thiophene rings is 1. The zero-order valence-corrected chi connectivity index (χ0v) is 18.4. The number of fused-ring (bicyclic) bond motifs is 1. The average Bonchev–Trinajstić information content (AvgIpc) is 3.21. The smallest absolute Gasteiger partial charge is 0.391 e. The van der Waals surface area contributed by atoms with E-state index in [2.05, 4.69) is 11.9 Å². The molecular formula is C23H20F4N4OS. The summed E-state index contributed by atoms with van der Waals surface area (Å²) in [5, 5.41) is 19.7. The van der Waals surface area contributed by atoms with Crippen LogP contribution in [0.3, 0.4) is 0 Å². The molecule has 0 saturated heterocycles. The van der Waals surface area contributed by atoms with Crippen LogP contribution in [0, 0.1) is 22.6 Å². The maximum absolute atomic E-state index is 15.1. The molecule has 172 valence electrons. The Bertz CT molecular complexity index is 1180. The first-order chi connectivity index (χ1) is 15.6. The van der Waals surface area contributed by atoms with Gasteiger partial charge in [0.15, 0.2) is 0 Å². The highest BCUT2D eigenvalue weighted by Gasteiger charge is 2.40. The van der Waals surface area contributed by atoms with Crippen molar-refractivity contribution in [2.45, 2.75) is 25.6 Å². The minimum atomic E-state index is -5.00. The summed E-state index contributed by atoms with van der Waals surface area (Å²) in [6.07, 6.45) is -2.88. The Balaban J connectivity index is 2.25. The standard InChI is InChI=1S/C23H20F4N4OS/c1-3-20(32)31-11-17(15-8-13(9-28)33-19(15)12-31)14-6-5-7-18(24)21(14)16(10-30-4-2)22(29)23(25,26)27/h3,5-8,10,17,29-30H,1,4,11-12H2,2H3/b16-10-,29-22?/t17-/m0/s1. The fraction of sp³-hybridized carbons (Fsp3) is 0.261. The molecule has 2 N–H and O–H groups in total. The molecule has 3 rings (SSSR count). The van der Waals surface area contributed by atoms with Gasteiger partial charge in [-0.15, -0.1) is 11.3 Å². The van der Waals surface area contributed by atoms with Crippen LogP contribution in [0.4, 0.5) is 17.6 Å².